The lowest BCUT2D eigenvalue weighted by Gasteiger charge is -2.20. The topological polar surface area (TPSA) is 35.5 Å². The molecule has 1 spiro atoms. The third kappa shape index (κ3) is 2.04. The maximum Gasteiger partial charge on any atom is 0.174 e. The highest BCUT2D eigenvalue weighted by Gasteiger charge is 2.51. The minimum absolute atomic E-state index is 0.190. The third-order valence-corrected chi connectivity index (χ3v) is 5.61. The van der Waals surface area contributed by atoms with E-state index in [1.807, 2.05) is 18.2 Å². The van der Waals surface area contributed by atoms with Crippen LogP contribution in [-0.2, 0) is 19.3 Å². The molecule has 0 amide bonds. The van der Waals surface area contributed by atoms with Crippen LogP contribution in [0.15, 0.2) is 34.8 Å². The van der Waals surface area contributed by atoms with E-state index in [4.69, 9.17) is 9.47 Å². The first-order chi connectivity index (χ1) is 11.1. The normalized spacial score (nSPS) is 21.4. The summed E-state index contributed by atoms with van der Waals surface area (Å²) in [6, 6.07) is 10.0. The predicted octanol–water partition coefficient (Wildman–Crippen LogP) is 3.99. The van der Waals surface area contributed by atoms with Gasteiger partial charge in [-0.25, -0.2) is 0 Å². The quantitative estimate of drug-likeness (QED) is 0.799. The van der Waals surface area contributed by atoms with E-state index in [0.717, 1.165) is 28.6 Å². The van der Waals surface area contributed by atoms with Crippen molar-refractivity contribution in [2.75, 3.05) is 14.2 Å². The number of carbonyl (C=O) groups is 1. The number of hydrogen-bond acceptors (Lipinski definition) is 3. The lowest BCUT2D eigenvalue weighted by Crippen LogP contribution is -2.28. The zero-order valence-electron chi connectivity index (χ0n) is 13.1. The average molecular weight is 373 g/mol. The molecule has 0 fully saturated rings. The Hall–Kier alpha value is -1.81. The molecular formula is C19H17BrO3. The standard InChI is InChI=1S/C19H17BrO3/c1-22-15-5-6-16(23-2)17-14(15)10-19(18(17)21)8-11-3-4-13(20)7-12(11)9-19/h3-7H,8-10H2,1-2H3/t19-/m0/s1. The van der Waals surface area contributed by atoms with Crippen LogP contribution in [0.1, 0.15) is 27.0 Å². The van der Waals surface area contributed by atoms with Crippen LogP contribution < -0.4 is 9.47 Å². The van der Waals surface area contributed by atoms with Gasteiger partial charge in [0.05, 0.1) is 19.8 Å². The van der Waals surface area contributed by atoms with Gasteiger partial charge < -0.3 is 9.47 Å². The van der Waals surface area contributed by atoms with Crippen LogP contribution in [0.4, 0.5) is 0 Å². The molecule has 118 valence electrons. The molecular weight excluding hydrogens is 356 g/mol. The minimum atomic E-state index is -0.382. The second kappa shape index (κ2) is 5.10. The van der Waals surface area contributed by atoms with Crippen molar-refractivity contribution in [3.63, 3.8) is 0 Å². The summed E-state index contributed by atoms with van der Waals surface area (Å²) >= 11 is 3.53. The highest BCUT2D eigenvalue weighted by atomic mass is 79.9. The van der Waals surface area contributed by atoms with Crippen LogP contribution in [-0.4, -0.2) is 20.0 Å². The first-order valence-electron chi connectivity index (χ1n) is 7.64. The third-order valence-electron chi connectivity index (χ3n) is 5.12. The molecule has 1 atom stereocenters. The predicted molar refractivity (Wildman–Crippen MR) is 91.6 cm³/mol. The number of methoxy groups -OCH3 is 2. The van der Waals surface area contributed by atoms with Gasteiger partial charge in [0.15, 0.2) is 5.78 Å². The Balaban J connectivity index is 1.82. The van der Waals surface area contributed by atoms with Crippen molar-refractivity contribution in [3.05, 3.63) is 57.1 Å². The van der Waals surface area contributed by atoms with Gasteiger partial charge in [-0.2, -0.15) is 0 Å². The highest BCUT2D eigenvalue weighted by molar-refractivity contribution is 9.10. The Morgan fingerprint density at radius 3 is 2.39 bits per heavy atom. The van der Waals surface area contributed by atoms with E-state index in [1.165, 1.54) is 11.1 Å². The molecule has 0 unspecified atom stereocenters. The van der Waals surface area contributed by atoms with Gasteiger partial charge >= 0.3 is 0 Å². The van der Waals surface area contributed by atoms with Crippen LogP contribution in [0, 0.1) is 5.41 Å². The summed E-state index contributed by atoms with van der Waals surface area (Å²) < 4.78 is 12.0. The molecule has 2 aliphatic carbocycles. The monoisotopic (exact) mass is 372 g/mol. The summed E-state index contributed by atoms with van der Waals surface area (Å²) in [5.41, 5.74) is 3.85. The number of Topliss-reactive ketones (excluding diaryl/α,β-unsaturated/α-hetero) is 1. The maximum atomic E-state index is 13.3. The fourth-order valence-corrected chi connectivity index (χ4v) is 4.49. The van der Waals surface area contributed by atoms with Crippen LogP contribution in [0.25, 0.3) is 0 Å². The van der Waals surface area contributed by atoms with Gasteiger partial charge in [0.25, 0.3) is 0 Å². The van der Waals surface area contributed by atoms with Crippen molar-refractivity contribution in [1.29, 1.82) is 0 Å². The summed E-state index contributed by atoms with van der Waals surface area (Å²) in [5.74, 6) is 1.62. The molecule has 23 heavy (non-hydrogen) atoms. The Morgan fingerprint density at radius 2 is 1.65 bits per heavy atom. The molecule has 3 nitrogen and oxygen atoms in total. The van der Waals surface area contributed by atoms with Crippen LogP contribution in [0.5, 0.6) is 11.5 Å². The molecule has 0 N–H and O–H groups in total. The first-order valence-corrected chi connectivity index (χ1v) is 8.43. The van der Waals surface area contributed by atoms with E-state index in [1.54, 1.807) is 14.2 Å². The molecule has 0 saturated carbocycles. The number of ether oxygens (including phenoxy) is 2. The van der Waals surface area contributed by atoms with Gasteiger partial charge in [0.1, 0.15) is 11.5 Å². The molecule has 0 aliphatic heterocycles. The second-order valence-electron chi connectivity index (χ2n) is 6.38. The van der Waals surface area contributed by atoms with Crippen molar-refractivity contribution < 1.29 is 14.3 Å². The Morgan fingerprint density at radius 1 is 0.957 bits per heavy atom. The summed E-state index contributed by atoms with van der Waals surface area (Å²) in [4.78, 5) is 13.3. The van der Waals surface area contributed by atoms with Gasteiger partial charge in [0.2, 0.25) is 0 Å². The largest absolute Gasteiger partial charge is 0.496 e. The lowest BCUT2D eigenvalue weighted by atomic mass is 9.80. The van der Waals surface area contributed by atoms with Gasteiger partial charge in [-0.05, 0) is 54.7 Å². The Kier molecular flexibility index (Phi) is 3.27. The molecule has 4 heteroatoms. The fraction of sp³-hybridized carbons (Fsp3) is 0.316. The lowest BCUT2D eigenvalue weighted by molar-refractivity contribution is 0.0829. The van der Waals surface area contributed by atoms with Crippen LogP contribution in [0.2, 0.25) is 0 Å². The van der Waals surface area contributed by atoms with Gasteiger partial charge in [-0.3, -0.25) is 4.79 Å². The van der Waals surface area contributed by atoms with Gasteiger partial charge in [-0.15, -0.1) is 0 Å². The number of benzene rings is 2. The number of hydrogen-bond donors (Lipinski definition) is 0. The molecule has 4 rings (SSSR count). The number of ketones is 1. The number of carbonyl (C=O) groups excluding carboxylic acids is 1. The van der Waals surface area contributed by atoms with Crippen molar-refractivity contribution in [2.24, 2.45) is 5.41 Å². The van der Waals surface area contributed by atoms with E-state index in [9.17, 15) is 4.79 Å². The molecule has 0 aromatic heterocycles. The zero-order valence-corrected chi connectivity index (χ0v) is 14.7. The van der Waals surface area contributed by atoms with E-state index < -0.39 is 0 Å². The molecule has 0 saturated heterocycles. The molecule has 0 radical (unpaired) electrons. The Bertz CT molecular complexity index is 828. The maximum absolute atomic E-state index is 13.3. The van der Waals surface area contributed by atoms with E-state index in [-0.39, 0.29) is 11.2 Å². The van der Waals surface area contributed by atoms with Crippen molar-refractivity contribution in [1.82, 2.24) is 0 Å². The summed E-state index contributed by atoms with van der Waals surface area (Å²) in [6.07, 6.45) is 2.28. The second-order valence-corrected chi connectivity index (χ2v) is 7.29. The van der Waals surface area contributed by atoms with E-state index >= 15 is 0 Å². The molecule has 0 bridgehead atoms. The number of halogens is 1. The summed E-state index contributed by atoms with van der Waals surface area (Å²) in [6.45, 7) is 0. The fourth-order valence-electron chi connectivity index (χ4n) is 4.09. The number of rotatable bonds is 2. The summed E-state index contributed by atoms with van der Waals surface area (Å²) in [5, 5.41) is 0. The first kappa shape index (κ1) is 14.8. The molecule has 2 aromatic carbocycles. The smallest absolute Gasteiger partial charge is 0.174 e. The zero-order chi connectivity index (χ0) is 16.2. The molecule has 0 heterocycles. The SMILES string of the molecule is COc1ccc(OC)c2c1C[C@@]1(Cc3ccc(Br)cc3C1)C2=O. The van der Waals surface area contributed by atoms with Crippen molar-refractivity contribution in [2.45, 2.75) is 19.3 Å². The van der Waals surface area contributed by atoms with Gasteiger partial charge in [0, 0.05) is 15.5 Å². The highest BCUT2D eigenvalue weighted by Crippen LogP contribution is 2.51. The molecule has 2 aliphatic rings. The Labute approximate surface area is 143 Å². The van der Waals surface area contributed by atoms with Gasteiger partial charge in [-0.1, -0.05) is 22.0 Å². The molecule has 2 aromatic rings. The number of fused-ring (bicyclic) bond motifs is 2. The van der Waals surface area contributed by atoms with Crippen molar-refractivity contribution >= 4 is 21.7 Å². The minimum Gasteiger partial charge on any atom is -0.496 e. The van der Waals surface area contributed by atoms with E-state index in [2.05, 4.69) is 28.1 Å². The van der Waals surface area contributed by atoms with E-state index in [0.29, 0.717) is 17.7 Å². The van der Waals surface area contributed by atoms with Crippen molar-refractivity contribution in [3.8, 4) is 11.5 Å². The summed E-state index contributed by atoms with van der Waals surface area (Å²) in [7, 11) is 3.26. The van der Waals surface area contributed by atoms with Crippen LogP contribution in [0.3, 0.4) is 0 Å². The average Bonchev–Trinajstić information content (AvgIpc) is 3.04. The van der Waals surface area contributed by atoms with Crippen LogP contribution >= 0.6 is 15.9 Å².